The fourth-order valence-corrected chi connectivity index (χ4v) is 3.44. The summed E-state index contributed by atoms with van der Waals surface area (Å²) in [6.07, 6.45) is 1.45. The highest BCUT2D eigenvalue weighted by Crippen LogP contribution is 2.28. The summed E-state index contributed by atoms with van der Waals surface area (Å²) in [7, 11) is 0. The van der Waals surface area contributed by atoms with E-state index in [0.717, 1.165) is 17.0 Å². The Morgan fingerprint density at radius 3 is 2.59 bits per heavy atom. The lowest BCUT2D eigenvalue weighted by Gasteiger charge is -2.24. The molecule has 1 atom stereocenters. The van der Waals surface area contributed by atoms with E-state index in [4.69, 9.17) is 4.74 Å². The molecule has 5 nitrogen and oxygen atoms in total. The molecule has 0 saturated carbocycles. The standard InChI is InChI=1S/C24H22N2O3/c27-23(14-13-18-15-17-7-4-5-12-22(17)26-24(18)28)25-19-8-6-11-21(16-19)29-20-9-2-1-3-10-20/h1-12,16,18H,13-15H2,(H,25,27)(H,26,28). The van der Waals surface area contributed by atoms with E-state index in [1.54, 1.807) is 6.07 Å². The Balaban J connectivity index is 1.32. The van der Waals surface area contributed by atoms with Gasteiger partial charge in [0, 0.05) is 29.8 Å². The van der Waals surface area contributed by atoms with E-state index >= 15 is 0 Å². The Kier molecular flexibility index (Phi) is 5.56. The van der Waals surface area contributed by atoms with Gasteiger partial charge in [0.05, 0.1) is 0 Å². The molecular formula is C24H22N2O3. The molecule has 146 valence electrons. The minimum atomic E-state index is -0.191. The zero-order chi connectivity index (χ0) is 20.1. The van der Waals surface area contributed by atoms with Crippen molar-refractivity contribution in [3.8, 4) is 11.5 Å². The number of ether oxygens (including phenoxy) is 1. The van der Waals surface area contributed by atoms with Crippen LogP contribution in [0.25, 0.3) is 0 Å². The second-order valence-corrected chi connectivity index (χ2v) is 7.08. The predicted molar refractivity (Wildman–Crippen MR) is 113 cm³/mol. The van der Waals surface area contributed by atoms with E-state index in [1.807, 2.05) is 72.8 Å². The Bertz CT molecular complexity index is 1020. The van der Waals surface area contributed by atoms with Gasteiger partial charge in [-0.1, -0.05) is 42.5 Å². The first-order valence-corrected chi connectivity index (χ1v) is 9.69. The zero-order valence-electron chi connectivity index (χ0n) is 15.9. The van der Waals surface area contributed by atoms with E-state index in [1.165, 1.54) is 0 Å². The van der Waals surface area contributed by atoms with Crippen molar-refractivity contribution in [3.05, 3.63) is 84.4 Å². The highest BCUT2D eigenvalue weighted by atomic mass is 16.5. The van der Waals surface area contributed by atoms with Gasteiger partial charge < -0.3 is 15.4 Å². The Morgan fingerprint density at radius 1 is 0.966 bits per heavy atom. The molecular weight excluding hydrogens is 364 g/mol. The van der Waals surface area contributed by atoms with Crippen molar-refractivity contribution >= 4 is 23.2 Å². The number of para-hydroxylation sites is 2. The first-order valence-electron chi connectivity index (χ1n) is 9.69. The number of fused-ring (bicyclic) bond motifs is 1. The van der Waals surface area contributed by atoms with Crippen LogP contribution >= 0.6 is 0 Å². The van der Waals surface area contributed by atoms with Gasteiger partial charge in [-0.2, -0.15) is 0 Å². The Morgan fingerprint density at radius 2 is 1.72 bits per heavy atom. The summed E-state index contributed by atoms with van der Waals surface area (Å²) >= 11 is 0. The minimum absolute atomic E-state index is 0.0187. The first kappa shape index (κ1) is 18.7. The number of rotatable bonds is 6. The smallest absolute Gasteiger partial charge is 0.227 e. The summed E-state index contributed by atoms with van der Waals surface area (Å²) in [5.74, 6) is 1.06. The second kappa shape index (κ2) is 8.61. The van der Waals surface area contributed by atoms with Gasteiger partial charge in [0.1, 0.15) is 11.5 Å². The molecule has 1 aliphatic rings. The van der Waals surface area contributed by atoms with Gasteiger partial charge in [-0.05, 0) is 48.7 Å². The summed E-state index contributed by atoms with van der Waals surface area (Å²) in [6, 6.07) is 24.5. The highest BCUT2D eigenvalue weighted by Gasteiger charge is 2.26. The normalized spacial score (nSPS) is 15.2. The van der Waals surface area contributed by atoms with Gasteiger partial charge in [-0.15, -0.1) is 0 Å². The van der Waals surface area contributed by atoms with Gasteiger partial charge in [0.25, 0.3) is 0 Å². The largest absolute Gasteiger partial charge is 0.457 e. The molecule has 4 rings (SSSR count). The third-order valence-corrected chi connectivity index (χ3v) is 4.93. The van der Waals surface area contributed by atoms with Crippen LogP contribution in [0.15, 0.2) is 78.9 Å². The summed E-state index contributed by atoms with van der Waals surface area (Å²) in [4.78, 5) is 24.7. The lowest BCUT2D eigenvalue weighted by Crippen LogP contribution is -2.30. The van der Waals surface area contributed by atoms with Crippen LogP contribution in [0, 0.1) is 5.92 Å². The number of hydrogen-bond donors (Lipinski definition) is 2. The molecule has 2 amide bonds. The number of hydrogen-bond acceptors (Lipinski definition) is 3. The molecule has 3 aromatic carbocycles. The Hall–Kier alpha value is -3.60. The van der Waals surface area contributed by atoms with Crippen LogP contribution in [0.5, 0.6) is 11.5 Å². The quantitative estimate of drug-likeness (QED) is 0.626. The minimum Gasteiger partial charge on any atom is -0.457 e. The van der Waals surface area contributed by atoms with Crippen molar-refractivity contribution in [3.63, 3.8) is 0 Å². The van der Waals surface area contributed by atoms with Crippen molar-refractivity contribution in [1.82, 2.24) is 0 Å². The van der Waals surface area contributed by atoms with Gasteiger partial charge in [-0.3, -0.25) is 9.59 Å². The van der Waals surface area contributed by atoms with Gasteiger partial charge in [0.15, 0.2) is 0 Å². The van der Waals surface area contributed by atoms with E-state index in [0.29, 0.717) is 24.3 Å². The fraction of sp³-hybridized carbons (Fsp3) is 0.167. The van der Waals surface area contributed by atoms with E-state index in [-0.39, 0.29) is 24.2 Å². The lowest BCUT2D eigenvalue weighted by molar-refractivity contribution is -0.121. The van der Waals surface area contributed by atoms with Gasteiger partial charge >= 0.3 is 0 Å². The van der Waals surface area contributed by atoms with Crippen molar-refractivity contribution in [2.75, 3.05) is 10.6 Å². The monoisotopic (exact) mass is 386 g/mol. The van der Waals surface area contributed by atoms with E-state index < -0.39 is 0 Å². The van der Waals surface area contributed by atoms with Crippen molar-refractivity contribution in [2.24, 2.45) is 5.92 Å². The lowest BCUT2D eigenvalue weighted by atomic mass is 9.89. The number of amides is 2. The Labute approximate surface area is 169 Å². The van der Waals surface area contributed by atoms with Crippen molar-refractivity contribution in [1.29, 1.82) is 0 Å². The van der Waals surface area contributed by atoms with Crippen LogP contribution in [0.1, 0.15) is 18.4 Å². The average molecular weight is 386 g/mol. The summed E-state index contributed by atoms with van der Waals surface area (Å²) in [5, 5.41) is 5.82. The van der Waals surface area contributed by atoms with E-state index in [2.05, 4.69) is 10.6 Å². The van der Waals surface area contributed by atoms with Crippen molar-refractivity contribution < 1.29 is 14.3 Å². The maximum atomic E-state index is 12.4. The molecule has 29 heavy (non-hydrogen) atoms. The summed E-state index contributed by atoms with van der Waals surface area (Å²) in [5.41, 5.74) is 2.65. The third kappa shape index (κ3) is 4.82. The van der Waals surface area contributed by atoms with Crippen LogP contribution in [-0.2, 0) is 16.0 Å². The molecule has 1 aliphatic heterocycles. The molecule has 0 bridgehead atoms. The van der Waals surface area contributed by atoms with Crippen LogP contribution in [0.2, 0.25) is 0 Å². The van der Waals surface area contributed by atoms with Crippen LogP contribution in [0.3, 0.4) is 0 Å². The number of anilines is 2. The van der Waals surface area contributed by atoms with Gasteiger partial charge in [0.2, 0.25) is 11.8 Å². The molecule has 0 spiro atoms. The maximum Gasteiger partial charge on any atom is 0.227 e. The molecule has 0 radical (unpaired) electrons. The maximum absolute atomic E-state index is 12.4. The molecule has 0 aliphatic carbocycles. The average Bonchev–Trinajstić information content (AvgIpc) is 2.73. The fourth-order valence-electron chi connectivity index (χ4n) is 3.44. The van der Waals surface area contributed by atoms with Crippen LogP contribution < -0.4 is 15.4 Å². The molecule has 0 aromatic heterocycles. The molecule has 1 unspecified atom stereocenters. The molecule has 2 N–H and O–H groups in total. The molecule has 5 heteroatoms. The topological polar surface area (TPSA) is 67.4 Å². The first-order chi connectivity index (χ1) is 14.2. The van der Waals surface area contributed by atoms with Crippen LogP contribution in [0.4, 0.5) is 11.4 Å². The number of benzene rings is 3. The van der Waals surface area contributed by atoms with Gasteiger partial charge in [-0.25, -0.2) is 0 Å². The number of nitrogens with one attached hydrogen (secondary N) is 2. The predicted octanol–water partition coefficient (Wildman–Crippen LogP) is 5.01. The van der Waals surface area contributed by atoms with Crippen LogP contribution in [-0.4, -0.2) is 11.8 Å². The summed E-state index contributed by atoms with van der Waals surface area (Å²) < 4.78 is 5.80. The number of carbonyl (C=O) groups is 2. The zero-order valence-corrected chi connectivity index (χ0v) is 15.9. The molecule has 3 aromatic rings. The third-order valence-electron chi connectivity index (χ3n) is 4.93. The second-order valence-electron chi connectivity index (χ2n) is 7.08. The summed E-state index contributed by atoms with van der Waals surface area (Å²) in [6.45, 7) is 0. The number of carbonyl (C=O) groups excluding carboxylic acids is 2. The highest BCUT2D eigenvalue weighted by molar-refractivity contribution is 5.96. The molecule has 0 saturated heterocycles. The molecule has 1 heterocycles. The van der Waals surface area contributed by atoms with E-state index in [9.17, 15) is 9.59 Å². The van der Waals surface area contributed by atoms with Crippen molar-refractivity contribution in [2.45, 2.75) is 19.3 Å². The SMILES string of the molecule is O=C(CCC1Cc2ccccc2NC1=O)Nc1cccc(Oc2ccccc2)c1. The molecule has 0 fully saturated rings.